The number of hydrogen-bond acceptors (Lipinski definition) is 4. The Hall–Kier alpha value is -2.05. The lowest BCUT2D eigenvalue weighted by Gasteiger charge is -2.21. The minimum atomic E-state index is -0.431. The highest BCUT2D eigenvalue weighted by Gasteiger charge is 2.19. The maximum absolute atomic E-state index is 12.0. The Labute approximate surface area is 137 Å². The van der Waals surface area contributed by atoms with E-state index in [1.54, 1.807) is 25.1 Å². The topological polar surface area (TPSA) is 75.4 Å². The van der Waals surface area contributed by atoms with Gasteiger partial charge >= 0.3 is 0 Å². The van der Waals surface area contributed by atoms with Crippen molar-refractivity contribution in [1.29, 1.82) is 0 Å². The van der Waals surface area contributed by atoms with Gasteiger partial charge in [0.15, 0.2) is 5.82 Å². The largest absolute Gasteiger partial charge is 0.360 e. The molecule has 0 bridgehead atoms. The van der Waals surface area contributed by atoms with Gasteiger partial charge in [0.2, 0.25) is 11.8 Å². The van der Waals surface area contributed by atoms with Crippen LogP contribution in [-0.4, -0.2) is 23.5 Å². The number of carbonyl (C=O) groups excluding carboxylic acids is 2. The number of hydrogen-bond donors (Lipinski definition) is 1. The van der Waals surface area contributed by atoms with Gasteiger partial charge in [0.05, 0.1) is 10.7 Å². The van der Waals surface area contributed by atoms with Gasteiger partial charge in [0.1, 0.15) is 12.3 Å². The Morgan fingerprint density at radius 3 is 2.64 bits per heavy atom. The van der Waals surface area contributed by atoms with Gasteiger partial charge in [0.25, 0.3) is 0 Å². The molecule has 1 N–H and O–H groups in total. The average molecular weight is 342 g/mol. The number of aryl methyl sites for hydroxylation is 1. The fraction of sp³-hybridized carbons (Fsp3) is 0.214. The highest BCUT2D eigenvalue weighted by Crippen LogP contribution is 2.29. The van der Waals surface area contributed by atoms with E-state index in [1.807, 2.05) is 0 Å². The molecule has 6 nitrogen and oxygen atoms in total. The summed E-state index contributed by atoms with van der Waals surface area (Å²) in [5, 5.41) is 6.93. The lowest BCUT2D eigenvalue weighted by atomic mass is 10.2. The van der Waals surface area contributed by atoms with Crippen molar-refractivity contribution in [2.24, 2.45) is 0 Å². The van der Waals surface area contributed by atoms with Crippen LogP contribution >= 0.6 is 23.2 Å². The summed E-state index contributed by atoms with van der Waals surface area (Å²) in [5.74, 6) is 0.0787. The lowest BCUT2D eigenvalue weighted by Crippen LogP contribution is -2.36. The molecule has 8 heteroatoms. The van der Waals surface area contributed by atoms with Crippen LogP contribution in [0.3, 0.4) is 0 Å². The number of rotatable bonds is 4. The van der Waals surface area contributed by atoms with E-state index in [0.717, 1.165) is 0 Å². The lowest BCUT2D eigenvalue weighted by molar-refractivity contribution is -0.120. The minimum Gasteiger partial charge on any atom is -0.360 e. The number of nitrogens with one attached hydrogen (secondary N) is 1. The summed E-state index contributed by atoms with van der Waals surface area (Å²) in [7, 11) is 0. The number of benzene rings is 1. The molecule has 0 saturated heterocycles. The Morgan fingerprint density at radius 1 is 1.32 bits per heavy atom. The zero-order valence-corrected chi connectivity index (χ0v) is 13.4. The van der Waals surface area contributed by atoms with Gasteiger partial charge in [-0.05, 0) is 25.1 Å². The van der Waals surface area contributed by atoms with Crippen LogP contribution in [0.4, 0.5) is 11.5 Å². The van der Waals surface area contributed by atoms with E-state index in [4.69, 9.17) is 27.7 Å². The maximum Gasteiger partial charge on any atom is 0.245 e. The standard InChI is InChI=1S/C14H13Cl2N3O3/c1-8-5-13(18-22-8)17-14(21)7-19(9(2)20)12-6-10(15)3-4-11(12)16/h3-6H,7H2,1-2H3,(H,17,18,21). The molecule has 0 aliphatic rings. The third kappa shape index (κ3) is 3.99. The summed E-state index contributed by atoms with van der Waals surface area (Å²) in [6.45, 7) is 2.82. The van der Waals surface area contributed by atoms with Crippen LogP contribution in [0.5, 0.6) is 0 Å². The van der Waals surface area contributed by atoms with Gasteiger partial charge in [0, 0.05) is 18.0 Å². The molecule has 1 aromatic heterocycles. The molecule has 2 aromatic rings. The van der Waals surface area contributed by atoms with Crippen molar-refractivity contribution in [3.63, 3.8) is 0 Å². The summed E-state index contributed by atoms with van der Waals surface area (Å²) in [6, 6.07) is 6.26. The molecule has 0 spiro atoms. The molecular weight excluding hydrogens is 329 g/mol. The summed E-state index contributed by atoms with van der Waals surface area (Å²) in [5.41, 5.74) is 0.369. The normalized spacial score (nSPS) is 10.4. The van der Waals surface area contributed by atoms with Crippen LogP contribution < -0.4 is 10.2 Å². The van der Waals surface area contributed by atoms with Crippen molar-refractivity contribution >= 4 is 46.5 Å². The third-order valence-electron chi connectivity index (χ3n) is 2.78. The van der Waals surface area contributed by atoms with E-state index in [1.165, 1.54) is 17.9 Å². The average Bonchev–Trinajstić information content (AvgIpc) is 2.84. The Morgan fingerprint density at radius 2 is 2.05 bits per heavy atom. The molecule has 0 radical (unpaired) electrons. The molecule has 2 amide bonds. The number of halogens is 2. The van der Waals surface area contributed by atoms with Crippen LogP contribution in [0.15, 0.2) is 28.8 Å². The molecule has 0 saturated carbocycles. The number of carbonyl (C=O) groups is 2. The second-order valence-electron chi connectivity index (χ2n) is 4.57. The van der Waals surface area contributed by atoms with Gasteiger partial charge in [-0.1, -0.05) is 28.4 Å². The summed E-state index contributed by atoms with van der Waals surface area (Å²) in [4.78, 5) is 25.1. The monoisotopic (exact) mass is 341 g/mol. The predicted octanol–water partition coefficient (Wildman–Crippen LogP) is 3.28. The van der Waals surface area contributed by atoms with Gasteiger partial charge in [-0.15, -0.1) is 0 Å². The highest BCUT2D eigenvalue weighted by molar-refractivity contribution is 6.35. The van der Waals surface area contributed by atoms with Crippen molar-refractivity contribution in [2.45, 2.75) is 13.8 Å². The minimum absolute atomic E-state index is 0.221. The van der Waals surface area contributed by atoms with E-state index in [9.17, 15) is 9.59 Å². The van der Waals surface area contributed by atoms with Crippen LogP contribution in [0.2, 0.25) is 10.0 Å². The Kier molecular flexibility index (Phi) is 5.05. The zero-order valence-electron chi connectivity index (χ0n) is 11.9. The van der Waals surface area contributed by atoms with Crippen molar-refractivity contribution in [3.8, 4) is 0 Å². The van der Waals surface area contributed by atoms with Gasteiger partial charge in [-0.2, -0.15) is 0 Å². The maximum atomic E-state index is 12.0. The number of nitrogens with zero attached hydrogens (tertiary/aromatic N) is 2. The zero-order chi connectivity index (χ0) is 16.3. The Bertz CT molecular complexity index is 715. The molecule has 22 heavy (non-hydrogen) atoms. The third-order valence-corrected chi connectivity index (χ3v) is 3.33. The van der Waals surface area contributed by atoms with Gasteiger partial charge in [-0.25, -0.2) is 0 Å². The fourth-order valence-electron chi connectivity index (χ4n) is 1.81. The van der Waals surface area contributed by atoms with E-state index >= 15 is 0 Å². The molecule has 1 aromatic carbocycles. The second-order valence-corrected chi connectivity index (χ2v) is 5.42. The van der Waals surface area contributed by atoms with Crippen molar-refractivity contribution in [1.82, 2.24) is 5.16 Å². The van der Waals surface area contributed by atoms with E-state index < -0.39 is 5.91 Å². The first kappa shape index (κ1) is 16.3. The fourth-order valence-corrected chi connectivity index (χ4v) is 2.20. The van der Waals surface area contributed by atoms with E-state index in [2.05, 4.69) is 10.5 Å². The summed E-state index contributed by atoms with van der Waals surface area (Å²) < 4.78 is 4.85. The molecule has 0 aliphatic heterocycles. The van der Waals surface area contributed by atoms with Crippen LogP contribution in [0.25, 0.3) is 0 Å². The quantitative estimate of drug-likeness (QED) is 0.925. The smallest absolute Gasteiger partial charge is 0.245 e. The SMILES string of the molecule is CC(=O)N(CC(=O)Nc1cc(C)on1)c1cc(Cl)ccc1Cl. The molecular formula is C14H13Cl2N3O3. The van der Waals surface area contributed by atoms with E-state index in [-0.39, 0.29) is 18.3 Å². The molecule has 0 atom stereocenters. The first-order valence-electron chi connectivity index (χ1n) is 6.33. The van der Waals surface area contributed by atoms with Crippen molar-refractivity contribution < 1.29 is 14.1 Å². The molecule has 0 aliphatic carbocycles. The van der Waals surface area contributed by atoms with Crippen LogP contribution in [0.1, 0.15) is 12.7 Å². The number of amides is 2. The first-order valence-corrected chi connectivity index (χ1v) is 7.08. The van der Waals surface area contributed by atoms with Gasteiger partial charge < -0.3 is 14.7 Å². The molecule has 2 rings (SSSR count). The molecule has 116 valence electrons. The number of aromatic nitrogens is 1. The van der Waals surface area contributed by atoms with Crippen molar-refractivity contribution in [2.75, 3.05) is 16.8 Å². The van der Waals surface area contributed by atoms with Gasteiger partial charge in [-0.3, -0.25) is 9.59 Å². The molecule has 0 fully saturated rings. The van der Waals surface area contributed by atoms with Crippen LogP contribution in [-0.2, 0) is 9.59 Å². The van der Waals surface area contributed by atoms with Crippen molar-refractivity contribution in [3.05, 3.63) is 40.1 Å². The highest BCUT2D eigenvalue weighted by atomic mass is 35.5. The summed E-state index contributed by atoms with van der Waals surface area (Å²) >= 11 is 12.0. The molecule has 0 unspecified atom stereocenters. The number of anilines is 2. The van der Waals surface area contributed by atoms with Crippen LogP contribution in [0, 0.1) is 6.92 Å². The van der Waals surface area contributed by atoms with E-state index in [0.29, 0.717) is 21.5 Å². The second kappa shape index (κ2) is 6.81. The molecule has 1 heterocycles. The summed E-state index contributed by atoms with van der Waals surface area (Å²) in [6.07, 6.45) is 0. The predicted molar refractivity (Wildman–Crippen MR) is 84.4 cm³/mol. The first-order chi connectivity index (χ1) is 10.4. The Balaban J connectivity index is 2.16.